The van der Waals surface area contributed by atoms with Crippen LogP contribution < -0.4 is 10.6 Å². The van der Waals surface area contributed by atoms with Crippen molar-refractivity contribution in [2.24, 2.45) is 5.92 Å². The summed E-state index contributed by atoms with van der Waals surface area (Å²) in [4.78, 5) is 27.2. The van der Waals surface area contributed by atoms with Crippen molar-refractivity contribution in [2.45, 2.75) is 44.8 Å². The van der Waals surface area contributed by atoms with Gasteiger partial charge in [0, 0.05) is 31.7 Å². The van der Waals surface area contributed by atoms with Gasteiger partial charge < -0.3 is 15.1 Å². The van der Waals surface area contributed by atoms with Gasteiger partial charge in [-0.1, -0.05) is 32.0 Å². The molecule has 13 heteroatoms. The van der Waals surface area contributed by atoms with Crippen LogP contribution in [0, 0.1) is 5.92 Å². The zero-order chi connectivity index (χ0) is 27.4. The fourth-order valence-corrected chi connectivity index (χ4v) is 4.35. The summed E-state index contributed by atoms with van der Waals surface area (Å²) in [6.07, 6.45) is -2.48. The third kappa shape index (κ3) is 6.21. The van der Waals surface area contributed by atoms with Crippen molar-refractivity contribution in [3.63, 3.8) is 0 Å². The number of benzene rings is 1. The molecule has 1 saturated heterocycles. The van der Waals surface area contributed by atoms with Crippen molar-refractivity contribution >= 4 is 11.8 Å². The Morgan fingerprint density at radius 1 is 1.11 bits per heavy atom. The van der Waals surface area contributed by atoms with Crippen LogP contribution in [0.3, 0.4) is 0 Å². The van der Waals surface area contributed by atoms with E-state index in [2.05, 4.69) is 25.9 Å². The van der Waals surface area contributed by atoms with E-state index in [0.717, 1.165) is 10.9 Å². The number of rotatable bonds is 8. The lowest BCUT2D eigenvalue weighted by molar-refractivity contribution is -0.141. The summed E-state index contributed by atoms with van der Waals surface area (Å²) in [7, 11) is 1.89. The molecule has 0 aliphatic carbocycles. The number of piperidine rings is 1. The van der Waals surface area contributed by atoms with Crippen molar-refractivity contribution < 1.29 is 27.2 Å². The number of likely N-dealkylation sites (tertiary alicyclic amines) is 1. The van der Waals surface area contributed by atoms with Crippen molar-refractivity contribution in [2.75, 3.05) is 26.7 Å². The van der Waals surface area contributed by atoms with Gasteiger partial charge >= 0.3 is 6.18 Å². The number of aromatic nitrogens is 4. The molecule has 0 unspecified atom stereocenters. The fourth-order valence-electron chi connectivity index (χ4n) is 4.35. The number of alkyl halides is 3. The molecule has 2 N–H and O–H groups in total. The molecule has 1 aliphatic heterocycles. The summed E-state index contributed by atoms with van der Waals surface area (Å²) in [5.41, 5.74) is -1.47. The zero-order valence-corrected chi connectivity index (χ0v) is 21.3. The van der Waals surface area contributed by atoms with Crippen LogP contribution in [-0.4, -0.2) is 63.4 Å². The fraction of sp³-hybridized carbons (Fsp3) is 0.480. The highest BCUT2D eigenvalue weighted by Gasteiger charge is 2.39. The molecule has 1 aromatic carbocycles. The number of para-hydroxylation sites is 1. The third-order valence-electron chi connectivity index (χ3n) is 6.39. The number of carbonyl (C=O) groups excluding carboxylic acids is 2. The molecule has 2 aromatic heterocycles. The monoisotopic (exact) mass is 533 g/mol. The van der Waals surface area contributed by atoms with E-state index in [9.17, 15) is 22.8 Å². The first-order valence-corrected chi connectivity index (χ1v) is 12.4. The quantitative estimate of drug-likeness (QED) is 0.427. The molecule has 0 spiro atoms. The standard InChI is InChI=1S/C25H30F3N7O3/c1-15(2)23-31-32-24(38-23)19-10-9-16(13-34(19)3)21(36)29-11-12-30-22(37)18-14-35(17-7-5-4-6-8-17)33-20(18)25(26,27)28/h4-8,14-16,19H,9-13H2,1-3H3,(H,29,36)(H,30,37)/t16-,19+/m1/s1. The Balaban J connectivity index is 1.28. The second kappa shape index (κ2) is 11.3. The molecule has 0 radical (unpaired) electrons. The van der Waals surface area contributed by atoms with Gasteiger partial charge in [0.15, 0.2) is 5.69 Å². The maximum atomic E-state index is 13.5. The van der Waals surface area contributed by atoms with Gasteiger partial charge in [-0.25, -0.2) is 4.68 Å². The Kier molecular flexibility index (Phi) is 8.14. The van der Waals surface area contributed by atoms with Gasteiger partial charge in [0.1, 0.15) is 0 Å². The van der Waals surface area contributed by atoms with Gasteiger partial charge in [-0.15, -0.1) is 10.2 Å². The molecule has 38 heavy (non-hydrogen) atoms. The minimum absolute atomic E-state index is 0.0382. The minimum Gasteiger partial charge on any atom is -0.423 e. The highest BCUT2D eigenvalue weighted by molar-refractivity contribution is 5.95. The molecule has 1 aliphatic rings. The molecular weight excluding hydrogens is 503 g/mol. The van der Waals surface area contributed by atoms with E-state index in [0.29, 0.717) is 36.9 Å². The zero-order valence-electron chi connectivity index (χ0n) is 21.3. The number of nitrogens with one attached hydrogen (secondary N) is 2. The van der Waals surface area contributed by atoms with Crippen molar-refractivity contribution in [3.05, 3.63) is 59.6 Å². The predicted molar refractivity (Wildman–Crippen MR) is 130 cm³/mol. The van der Waals surface area contributed by atoms with Crippen molar-refractivity contribution in [3.8, 4) is 5.69 Å². The van der Waals surface area contributed by atoms with Crippen LogP contribution in [-0.2, 0) is 11.0 Å². The lowest BCUT2D eigenvalue weighted by Crippen LogP contribution is -2.44. The third-order valence-corrected chi connectivity index (χ3v) is 6.39. The Morgan fingerprint density at radius 2 is 1.82 bits per heavy atom. The van der Waals surface area contributed by atoms with Crippen LogP contribution in [0.4, 0.5) is 13.2 Å². The smallest absolute Gasteiger partial charge is 0.423 e. The maximum absolute atomic E-state index is 13.5. The van der Waals surface area contributed by atoms with Crippen LogP contribution in [0.1, 0.15) is 66.5 Å². The van der Waals surface area contributed by atoms with E-state index >= 15 is 0 Å². The average molecular weight is 534 g/mol. The molecular formula is C25H30F3N7O3. The summed E-state index contributed by atoms with van der Waals surface area (Å²) >= 11 is 0. The Morgan fingerprint density at radius 3 is 2.45 bits per heavy atom. The molecule has 3 heterocycles. The van der Waals surface area contributed by atoms with Gasteiger partial charge in [0.2, 0.25) is 17.7 Å². The number of hydrogen-bond acceptors (Lipinski definition) is 7. The second-order valence-corrected chi connectivity index (χ2v) is 9.58. The lowest BCUT2D eigenvalue weighted by atomic mass is 9.92. The molecule has 204 valence electrons. The molecule has 0 bridgehead atoms. The number of hydrogen-bond donors (Lipinski definition) is 2. The largest absolute Gasteiger partial charge is 0.435 e. The first-order valence-electron chi connectivity index (χ1n) is 12.4. The molecule has 4 rings (SSSR count). The predicted octanol–water partition coefficient (Wildman–Crippen LogP) is 3.33. The SMILES string of the molecule is CC(C)c1nnc([C@@H]2CC[C@@H](C(=O)NCCNC(=O)c3cn(-c4ccccc4)nc3C(F)(F)F)CN2C)o1. The van der Waals surface area contributed by atoms with Gasteiger partial charge in [0.05, 0.1) is 23.2 Å². The molecule has 2 atom stereocenters. The van der Waals surface area contributed by atoms with Crippen LogP contribution in [0.2, 0.25) is 0 Å². The van der Waals surface area contributed by atoms with Crippen LogP contribution in [0.5, 0.6) is 0 Å². The summed E-state index contributed by atoms with van der Waals surface area (Å²) in [5.74, 6) is -0.151. The lowest BCUT2D eigenvalue weighted by Gasteiger charge is -2.34. The van der Waals surface area contributed by atoms with Crippen LogP contribution in [0.25, 0.3) is 5.69 Å². The first-order chi connectivity index (χ1) is 18.0. The second-order valence-electron chi connectivity index (χ2n) is 9.58. The van der Waals surface area contributed by atoms with E-state index < -0.39 is 23.3 Å². The highest BCUT2D eigenvalue weighted by Crippen LogP contribution is 2.33. The molecule has 3 aromatic rings. The van der Waals surface area contributed by atoms with Crippen molar-refractivity contribution in [1.82, 2.24) is 35.5 Å². The maximum Gasteiger partial charge on any atom is 0.435 e. The van der Waals surface area contributed by atoms with Gasteiger partial charge in [-0.3, -0.25) is 14.5 Å². The molecule has 1 fully saturated rings. The summed E-state index contributed by atoms with van der Waals surface area (Å²) < 4.78 is 47.3. The first kappa shape index (κ1) is 27.3. The Bertz CT molecular complexity index is 1260. The normalized spacial score (nSPS) is 18.5. The van der Waals surface area contributed by atoms with Crippen LogP contribution >= 0.6 is 0 Å². The van der Waals surface area contributed by atoms with E-state index in [-0.39, 0.29) is 36.9 Å². The molecule has 0 saturated carbocycles. The average Bonchev–Trinajstić information content (AvgIpc) is 3.55. The summed E-state index contributed by atoms with van der Waals surface area (Å²) in [6, 6.07) is 8.13. The highest BCUT2D eigenvalue weighted by atomic mass is 19.4. The Labute approximate surface area is 217 Å². The summed E-state index contributed by atoms with van der Waals surface area (Å²) in [6.45, 7) is 4.46. The van der Waals surface area contributed by atoms with E-state index in [1.807, 2.05) is 25.8 Å². The van der Waals surface area contributed by atoms with E-state index in [4.69, 9.17) is 4.42 Å². The number of nitrogens with zero attached hydrogens (tertiary/aromatic N) is 5. The van der Waals surface area contributed by atoms with Crippen LogP contribution in [0.15, 0.2) is 40.9 Å². The number of halogens is 3. The molecule has 10 nitrogen and oxygen atoms in total. The molecule has 2 amide bonds. The van der Waals surface area contributed by atoms with E-state index in [1.54, 1.807) is 30.3 Å². The van der Waals surface area contributed by atoms with Gasteiger partial charge in [-0.05, 0) is 32.0 Å². The number of amides is 2. The minimum atomic E-state index is -4.80. The topological polar surface area (TPSA) is 118 Å². The number of carbonyl (C=O) groups is 2. The van der Waals surface area contributed by atoms with E-state index in [1.165, 1.54) is 0 Å². The van der Waals surface area contributed by atoms with Gasteiger partial charge in [0.25, 0.3) is 5.91 Å². The van der Waals surface area contributed by atoms with Gasteiger partial charge in [-0.2, -0.15) is 18.3 Å². The summed E-state index contributed by atoms with van der Waals surface area (Å²) in [5, 5.41) is 17.0. The Hall–Kier alpha value is -3.74. The van der Waals surface area contributed by atoms with Crippen molar-refractivity contribution in [1.29, 1.82) is 0 Å².